The molecule has 0 unspecified atom stereocenters. The first-order chi connectivity index (χ1) is 11.8. The lowest BCUT2D eigenvalue weighted by Crippen LogP contribution is -2.37. The average molecular weight is 382 g/mol. The molecule has 25 heavy (non-hydrogen) atoms. The smallest absolute Gasteiger partial charge is 0.163 e. The highest BCUT2D eigenvalue weighted by atomic mass is 35.5. The van der Waals surface area contributed by atoms with Crippen LogP contribution in [-0.4, -0.2) is 12.6 Å². The SMILES string of the molecule is CCC(C)(C)NCc1cc(OC)c(OCc2ccc(Cl)cc2)cc1Cl. The molecule has 0 fully saturated rings. The Morgan fingerprint density at radius 2 is 1.72 bits per heavy atom. The van der Waals surface area contributed by atoms with Crippen LogP contribution in [0.4, 0.5) is 0 Å². The zero-order valence-corrected chi connectivity index (χ0v) is 16.7. The Morgan fingerprint density at radius 3 is 2.32 bits per heavy atom. The summed E-state index contributed by atoms with van der Waals surface area (Å²) in [4.78, 5) is 0. The van der Waals surface area contributed by atoms with Crippen LogP contribution in [0.25, 0.3) is 0 Å². The molecule has 0 heterocycles. The number of hydrogen-bond donors (Lipinski definition) is 1. The van der Waals surface area contributed by atoms with Crippen molar-refractivity contribution in [3.05, 3.63) is 57.6 Å². The van der Waals surface area contributed by atoms with Crippen LogP contribution in [0.2, 0.25) is 10.0 Å². The molecule has 0 aromatic heterocycles. The van der Waals surface area contributed by atoms with Crippen LogP contribution in [0.3, 0.4) is 0 Å². The molecule has 136 valence electrons. The fourth-order valence-corrected chi connectivity index (χ4v) is 2.53. The van der Waals surface area contributed by atoms with E-state index in [0.29, 0.717) is 34.7 Å². The molecule has 0 saturated heterocycles. The van der Waals surface area contributed by atoms with Crippen LogP contribution >= 0.6 is 23.2 Å². The Morgan fingerprint density at radius 1 is 1.04 bits per heavy atom. The van der Waals surface area contributed by atoms with Crippen molar-refractivity contribution >= 4 is 23.2 Å². The molecule has 0 aliphatic rings. The van der Waals surface area contributed by atoms with E-state index in [1.807, 2.05) is 36.4 Å². The van der Waals surface area contributed by atoms with Gasteiger partial charge in [-0.25, -0.2) is 0 Å². The summed E-state index contributed by atoms with van der Waals surface area (Å²) in [7, 11) is 1.63. The summed E-state index contributed by atoms with van der Waals surface area (Å²) in [5.41, 5.74) is 2.07. The number of benzene rings is 2. The summed E-state index contributed by atoms with van der Waals surface area (Å²) in [6, 6.07) is 11.3. The van der Waals surface area contributed by atoms with Crippen LogP contribution in [-0.2, 0) is 13.2 Å². The van der Waals surface area contributed by atoms with E-state index in [9.17, 15) is 0 Å². The Hall–Kier alpha value is -1.42. The monoisotopic (exact) mass is 381 g/mol. The minimum absolute atomic E-state index is 0.0559. The fraction of sp³-hybridized carbons (Fsp3) is 0.400. The second kappa shape index (κ2) is 8.79. The summed E-state index contributed by atoms with van der Waals surface area (Å²) in [6.07, 6.45) is 1.03. The maximum absolute atomic E-state index is 6.44. The minimum Gasteiger partial charge on any atom is -0.493 e. The lowest BCUT2D eigenvalue weighted by Gasteiger charge is -2.25. The van der Waals surface area contributed by atoms with Crippen molar-refractivity contribution < 1.29 is 9.47 Å². The Bertz CT molecular complexity index is 700. The van der Waals surface area contributed by atoms with Gasteiger partial charge in [0.15, 0.2) is 11.5 Å². The van der Waals surface area contributed by atoms with E-state index >= 15 is 0 Å². The van der Waals surface area contributed by atoms with Gasteiger partial charge in [-0.2, -0.15) is 0 Å². The van der Waals surface area contributed by atoms with Crippen LogP contribution in [0.1, 0.15) is 38.3 Å². The van der Waals surface area contributed by atoms with Gasteiger partial charge in [0.25, 0.3) is 0 Å². The molecular weight excluding hydrogens is 357 g/mol. The molecule has 0 saturated carbocycles. The zero-order chi connectivity index (χ0) is 18.4. The maximum Gasteiger partial charge on any atom is 0.163 e. The van der Waals surface area contributed by atoms with E-state index in [0.717, 1.165) is 17.5 Å². The van der Waals surface area contributed by atoms with Gasteiger partial charge in [-0.3, -0.25) is 0 Å². The predicted molar refractivity (Wildman–Crippen MR) is 105 cm³/mol. The highest BCUT2D eigenvalue weighted by Crippen LogP contribution is 2.34. The number of hydrogen-bond acceptors (Lipinski definition) is 3. The first-order valence-electron chi connectivity index (χ1n) is 8.33. The Kier molecular flexibility index (Phi) is 7.00. The number of ether oxygens (including phenoxy) is 2. The first-order valence-corrected chi connectivity index (χ1v) is 9.09. The molecule has 0 amide bonds. The van der Waals surface area contributed by atoms with E-state index in [2.05, 4.69) is 26.1 Å². The summed E-state index contributed by atoms with van der Waals surface area (Å²) in [6.45, 7) is 7.59. The third-order valence-corrected chi connectivity index (χ3v) is 4.89. The molecule has 0 aliphatic carbocycles. The van der Waals surface area contributed by atoms with Gasteiger partial charge in [0.2, 0.25) is 0 Å². The second-order valence-corrected chi connectivity index (χ2v) is 7.44. The Labute approximate surface area is 160 Å². The number of rotatable bonds is 8. The predicted octanol–water partition coefficient (Wildman–Crippen LogP) is 5.86. The van der Waals surface area contributed by atoms with E-state index in [4.69, 9.17) is 32.7 Å². The second-order valence-electron chi connectivity index (χ2n) is 6.60. The van der Waals surface area contributed by atoms with E-state index in [1.165, 1.54) is 0 Å². The van der Waals surface area contributed by atoms with Crippen molar-refractivity contribution in [2.45, 2.75) is 45.9 Å². The molecular formula is C20H25Cl2NO2. The summed E-state index contributed by atoms with van der Waals surface area (Å²) < 4.78 is 11.4. The largest absolute Gasteiger partial charge is 0.493 e. The van der Waals surface area contributed by atoms with Gasteiger partial charge in [-0.1, -0.05) is 42.3 Å². The van der Waals surface area contributed by atoms with Crippen molar-refractivity contribution in [1.82, 2.24) is 5.32 Å². The highest BCUT2D eigenvalue weighted by molar-refractivity contribution is 6.31. The molecule has 0 spiro atoms. The van der Waals surface area contributed by atoms with E-state index in [-0.39, 0.29) is 5.54 Å². The molecule has 2 aromatic carbocycles. The summed E-state index contributed by atoms with van der Waals surface area (Å²) >= 11 is 12.3. The molecule has 2 aromatic rings. The topological polar surface area (TPSA) is 30.5 Å². The van der Waals surface area contributed by atoms with Gasteiger partial charge in [0.1, 0.15) is 6.61 Å². The molecule has 0 aliphatic heterocycles. The van der Waals surface area contributed by atoms with Crippen molar-refractivity contribution in [2.24, 2.45) is 0 Å². The van der Waals surface area contributed by atoms with Gasteiger partial charge in [0, 0.05) is 28.2 Å². The number of nitrogens with one attached hydrogen (secondary N) is 1. The van der Waals surface area contributed by atoms with Crippen LogP contribution in [0.5, 0.6) is 11.5 Å². The van der Waals surface area contributed by atoms with Crippen molar-refractivity contribution in [3.63, 3.8) is 0 Å². The molecule has 2 rings (SSSR count). The van der Waals surface area contributed by atoms with Gasteiger partial charge in [-0.05, 0) is 49.6 Å². The summed E-state index contributed by atoms with van der Waals surface area (Å²) in [5, 5.41) is 4.87. The van der Waals surface area contributed by atoms with Gasteiger partial charge >= 0.3 is 0 Å². The molecule has 3 nitrogen and oxygen atoms in total. The van der Waals surface area contributed by atoms with Crippen LogP contribution < -0.4 is 14.8 Å². The normalized spacial score (nSPS) is 11.4. The van der Waals surface area contributed by atoms with Crippen molar-refractivity contribution in [2.75, 3.05) is 7.11 Å². The Balaban J connectivity index is 2.11. The molecule has 1 N–H and O–H groups in total. The number of halogens is 2. The lowest BCUT2D eigenvalue weighted by molar-refractivity contribution is 0.284. The van der Waals surface area contributed by atoms with Crippen LogP contribution in [0, 0.1) is 0 Å². The third-order valence-electron chi connectivity index (χ3n) is 4.28. The molecule has 5 heteroatoms. The number of methoxy groups -OCH3 is 1. The maximum atomic E-state index is 6.44. The van der Waals surface area contributed by atoms with E-state index < -0.39 is 0 Å². The van der Waals surface area contributed by atoms with Crippen LogP contribution in [0.15, 0.2) is 36.4 Å². The molecule has 0 radical (unpaired) electrons. The third kappa shape index (κ3) is 5.81. The first kappa shape index (κ1) is 19.9. The van der Waals surface area contributed by atoms with Crippen molar-refractivity contribution in [1.29, 1.82) is 0 Å². The molecule has 0 bridgehead atoms. The fourth-order valence-electron chi connectivity index (χ4n) is 2.19. The zero-order valence-electron chi connectivity index (χ0n) is 15.2. The highest BCUT2D eigenvalue weighted by Gasteiger charge is 2.16. The minimum atomic E-state index is 0.0559. The quantitative estimate of drug-likeness (QED) is 0.620. The van der Waals surface area contributed by atoms with E-state index in [1.54, 1.807) is 7.11 Å². The van der Waals surface area contributed by atoms with Gasteiger partial charge in [-0.15, -0.1) is 0 Å². The van der Waals surface area contributed by atoms with Crippen molar-refractivity contribution in [3.8, 4) is 11.5 Å². The summed E-state index contributed by atoms with van der Waals surface area (Å²) in [5.74, 6) is 1.30. The standard InChI is InChI=1S/C20H25Cl2NO2/c1-5-20(2,3)23-12-15-10-18(24-4)19(11-17(15)22)25-13-14-6-8-16(21)9-7-14/h6-11,23H,5,12-13H2,1-4H3. The average Bonchev–Trinajstić information content (AvgIpc) is 2.60. The molecule has 0 atom stereocenters. The lowest BCUT2D eigenvalue weighted by atomic mass is 10.0. The van der Waals surface area contributed by atoms with Gasteiger partial charge in [0.05, 0.1) is 7.11 Å². The van der Waals surface area contributed by atoms with Gasteiger partial charge < -0.3 is 14.8 Å².